The Morgan fingerprint density at radius 2 is 2.00 bits per heavy atom. The fraction of sp³-hybridized carbons (Fsp3) is 0.464. The summed E-state index contributed by atoms with van der Waals surface area (Å²) >= 11 is 0. The zero-order valence-electron chi connectivity index (χ0n) is 21.5. The summed E-state index contributed by atoms with van der Waals surface area (Å²) in [5.74, 6) is 3.18. The van der Waals surface area contributed by atoms with Crippen molar-refractivity contribution in [1.82, 2.24) is 14.5 Å². The molecule has 1 aliphatic rings. The number of aromatic nitrogens is 2. The molecule has 0 spiro atoms. The summed E-state index contributed by atoms with van der Waals surface area (Å²) in [6.45, 7) is 8.23. The van der Waals surface area contributed by atoms with E-state index in [1.54, 1.807) is 7.11 Å². The molecule has 3 aromatic rings. The van der Waals surface area contributed by atoms with E-state index in [1.807, 2.05) is 68.7 Å². The molecule has 1 saturated heterocycles. The van der Waals surface area contributed by atoms with E-state index < -0.39 is 5.60 Å². The highest BCUT2D eigenvalue weighted by molar-refractivity contribution is 5.43. The van der Waals surface area contributed by atoms with Crippen LogP contribution < -0.4 is 14.2 Å². The third-order valence-corrected chi connectivity index (χ3v) is 6.30. The van der Waals surface area contributed by atoms with Gasteiger partial charge in [-0.3, -0.25) is 4.90 Å². The molecule has 1 fully saturated rings. The summed E-state index contributed by atoms with van der Waals surface area (Å²) in [5.41, 5.74) is 1.10. The maximum atomic E-state index is 11.3. The van der Waals surface area contributed by atoms with Gasteiger partial charge in [0.05, 0.1) is 26.9 Å². The smallest absolute Gasteiger partial charge is 0.161 e. The second-order valence-corrected chi connectivity index (χ2v) is 9.45. The van der Waals surface area contributed by atoms with Crippen molar-refractivity contribution in [3.63, 3.8) is 0 Å². The Hall–Kier alpha value is -3.07. The molecule has 0 saturated carbocycles. The highest BCUT2D eigenvalue weighted by atomic mass is 16.5. The van der Waals surface area contributed by atoms with Gasteiger partial charge in [-0.05, 0) is 55.7 Å². The van der Waals surface area contributed by atoms with Crippen LogP contribution in [-0.4, -0.2) is 71.8 Å². The molecular weight excluding hydrogens is 458 g/mol. The van der Waals surface area contributed by atoms with Gasteiger partial charge in [0.1, 0.15) is 23.8 Å². The summed E-state index contributed by atoms with van der Waals surface area (Å²) < 4.78 is 25.4. The Morgan fingerprint density at radius 3 is 2.78 bits per heavy atom. The Morgan fingerprint density at radius 1 is 1.11 bits per heavy atom. The normalized spacial score (nSPS) is 18.6. The largest absolute Gasteiger partial charge is 0.493 e. The molecule has 1 atom stereocenters. The van der Waals surface area contributed by atoms with Crippen molar-refractivity contribution in [3.05, 3.63) is 71.8 Å². The van der Waals surface area contributed by atoms with Crippen LogP contribution in [0.25, 0.3) is 0 Å². The average molecular weight is 496 g/mol. The third-order valence-electron chi connectivity index (χ3n) is 6.30. The minimum atomic E-state index is -1.10. The molecule has 36 heavy (non-hydrogen) atoms. The van der Waals surface area contributed by atoms with Crippen LogP contribution in [-0.2, 0) is 17.8 Å². The van der Waals surface area contributed by atoms with Crippen LogP contribution in [0.3, 0.4) is 0 Å². The van der Waals surface area contributed by atoms with Crippen LogP contribution in [0.5, 0.6) is 17.2 Å². The van der Waals surface area contributed by atoms with E-state index in [9.17, 15) is 5.11 Å². The minimum Gasteiger partial charge on any atom is -0.493 e. The predicted molar refractivity (Wildman–Crippen MR) is 138 cm³/mol. The van der Waals surface area contributed by atoms with Gasteiger partial charge in [0.2, 0.25) is 0 Å². The fourth-order valence-corrected chi connectivity index (χ4v) is 4.39. The van der Waals surface area contributed by atoms with Gasteiger partial charge in [0.25, 0.3) is 0 Å². The summed E-state index contributed by atoms with van der Waals surface area (Å²) in [6, 6.07) is 13.8. The van der Waals surface area contributed by atoms with Crippen molar-refractivity contribution in [2.45, 2.75) is 39.0 Å². The van der Waals surface area contributed by atoms with Crippen molar-refractivity contribution < 1.29 is 24.1 Å². The van der Waals surface area contributed by atoms with Gasteiger partial charge in [-0.1, -0.05) is 18.2 Å². The summed E-state index contributed by atoms with van der Waals surface area (Å²) in [6.07, 6.45) is 4.66. The van der Waals surface area contributed by atoms with E-state index >= 15 is 0 Å². The Labute approximate surface area is 213 Å². The highest BCUT2D eigenvalue weighted by Crippen LogP contribution is 2.29. The lowest BCUT2D eigenvalue weighted by Gasteiger charge is -2.30. The van der Waals surface area contributed by atoms with Crippen molar-refractivity contribution >= 4 is 0 Å². The van der Waals surface area contributed by atoms with Crippen LogP contribution >= 0.6 is 0 Å². The summed E-state index contributed by atoms with van der Waals surface area (Å²) in [5, 5.41) is 11.3. The number of aliphatic hydroxyl groups is 1. The molecule has 0 amide bonds. The fourth-order valence-electron chi connectivity index (χ4n) is 4.39. The molecule has 8 nitrogen and oxygen atoms in total. The highest BCUT2D eigenvalue weighted by Gasteiger charge is 2.33. The van der Waals surface area contributed by atoms with E-state index in [4.69, 9.17) is 18.9 Å². The number of ether oxygens (including phenoxy) is 4. The molecule has 4 rings (SSSR count). The van der Waals surface area contributed by atoms with Crippen LogP contribution in [0, 0.1) is 13.8 Å². The molecule has 0 unspecified atom stereocenters. The zero-order chi connectivity index (χ0) is 25.4. The average Bonchev–Trinajstić information content (AvgIpc) is 3.18. The van der Waals surface area contributed by atoms with E-state index in [0.29, 0.717) is 32.1 Å². The number of methoxy groups -OCH3 is 1. The lowest BCUT2D eigenvalue weighted by molar-refractivity contribution is -0.0646. The molecule has 0 aliphatic carbocycles. The molecule has 194 valence electrons. The van der Waals surface area contributed by atoms with Crippen LogP contribution in [0.1, 0.15) is 23.4 Å². The molecule has 1 aliphatic heterocycles. The standard InChI is InChI=1S/C28H37N3O5/c1-22-6-4-7-25(16-22)36-21-28(32)19-30(13-15-34-20-28)18-24-8-9-26(33-3)27(17-24)35-14-5-11-31-12-10-29-23(31)2/h4,6-10,12,16-17,32H,5,11,13-15,18-21H2,1-3H3/t28-/m0/s1. The maximum absolute atomic E-state index is 11.3. The number of imidazole rings is 1. The Bertz CT molecular complexity index is 1120. The van der Waals surface area contributed by atoms with E-state index in [0.717, 1.165) is 48.0 Å². The van der Waals surface area contributed by atoms with Crippen LogP contribution in [0.2, 0.25) is 0 Å². The monoisotopic (exact) mass is 495 g/mol. The van der Waals surface area contributed by atoms with Gasteiger partial charge in [-0.15, -0.1) is 0 Å². The van der Waals surface area contributed by atoms with Crippen LogP contribution in [0.4, 0.5) is 0 Å². The molecule has 2 aromatic carbocycles. The lowest BCUT2D eigenvalue weighted by Crippen LogP contribution is -2.48. The van der Waals surface area contributed by atoms with Gasteiger partial charge in [-0.25, -0.2) is 4.98 Å². The van der Waals surface area contributed by atoms with Crippen molar-refractivity contribution in [2.75, 3.05) is 46.6 Å². The first-order chi connectivity index (χ1) is 17.4. The molecule has 0 bridgehead atoms. The van der Waals surface area contributed by atoms with Crippen molar-refractivity contribution in [3.8, 4) is 17.2 Å². The van der Waals surface area contributed by atoms with Crippen molar-refractivity contribution in [2.24, 2.45) is 0 Å². The van der Waals surface area contributed by atoms with Gasteiger partial charge >= 0.3 is 0 Å². The Balaban J connectivity index is 1.35. The number of aryl methyl sites for hydroxylation is 3. The molecule has 8 heteroatoms. The topological polar surface area (TPSA) is 78.2 Å². The van der Waals surface area contributed by atoms with E-state index in [2.05, 4.69) is 14.5 Å². The molecule has 1 N–H and O–H groups in total. The first kappa shape index (κ1) is 26.0. The minimum absolute atomic E-state index is 0.167. The number of hydrogen-bond acceptors (Lipinski definition) is 7. The number of β-amino-alcohol motifs (C(OH)–C–C–N with tert-alkyl or cyclic N) is 1. The summed E-state index contributed by atoms with van der Waals surface area (Å²) in [7, 11) is 1.65. The number of rotatable bonds is 11. The second-order valence-electron chi connectivity index (χ2n) is 9.45. The predicted octanol–water partition coefficient (Wildman–Crippen LogP) is 3.62. The second kappa shape index (κ2) is 12.3. The van der Waals surface area contributed by atoms with Gasteiger partial charge < -0.3 is 28.6 Å². The molecule has 1 aromatic heterocycles. The lowest BCUT2D eigenvalue weighted by atomic mass is 10.1. The first-order valence-corrected chi connectivity index (χ1v) is 12.4. The summed E-state index contributed by atoms with van der Waals surface area (Å²) in [4.78, 5) is 6.45. The zero-order valence-corrected chi connectivity index (χ0v) is 21.5. The molecule has 2 heterocycles. The number of nitrogens with zero attached hydrogens (tertiary/aromatic N) is 3. The van der Waals surface area contributed by atoms with Crippen molar-refractivity contribution in [1.29, 1.82) is 0 Å². The van der Waals surface area contributed by atoms with Gasteiger partial charge in [0.15, 0.2) is 11.5 Å². The number of hydrogen-bond donors (Lipinski definition) is 1. The van der Waals surface area contributed by atoms with E-state index in [-0.39, 0.29) is 13.2 Å². The number of benzene rings is 2. The van der Waals surface area contributed by atoms with Gasteiger partial charge in [0, 0.05) is 38.6 Å². The van der Waals surface area contributed by atoms with Gasteiger partial charge in [-0.2, -0.15) is 0 Å². The third kappa shape index (κ3) is 7.22. The molecule has 0 radical (unpaired) electrons. The van der Waals surface area contributed by atoms with E-state index in [1.165, 1.54) is 0 Å². The first-order valence-electron chi connectivity index (χ1n) is 12.4. The SMILES string of the molecule is COc1ccc(CN2CCOC[C@](O)(COc3cccc(C)c3)C2)cc1OCCCn1ccnc1C. The van der Waals surface area contributed by atoms with Crippen LogP contribution in [0.15, 0.2) is 54.9 Å². The Kier molecular flexibility index (Phi) is 8.85. The maximum Gasteiger partial charge on any atom is 0.161 e. The quantitative estimate of drug-likeness (QED) is 0.407. The molecular formula is C28H37N3O5.